The van der Waals surface area contributed by atoms with E-state index >= 15 is 0 Å². The zero-order chi connectivity index (χ0) is 30.6. The number of hydrogen-bond donors (Lipinski definition) is 1. The number of carbonyl (C=O) groups excluding carboxylic acids is 2. The van der Waals surface area contributed by atoms with E-state index in [2.05, 4.69) is 20.3 Å². The summed E-state index contributed by atoms with van der Waals surface area (Å²) < 4.78 is 37.7. The van der Waals surface area contributed by atoms with E-state index in [-0.39, 0.29) is 18.4 Å². The predicted octanol–water partition coefficient (Wildman–Crippen LogP) is 3.92. The molecule has 1 saturated carbocycles. The molecule has 0 radical (unpaired) electrons. The van der Waals surface area contributed by atoms with Crippen LogP contribution in [-0.4, -0.2) is 92.3 Å². The molecule has 1 aromatic heterocycles. The molecule has 5 heterocycles. The van der Waals surface area contributed by atoms with Crippen LogP contribution < -0.4 is 9.46 Å². The number of fused-ring (bicyclic) bond motifs is 9. The molecule has 1 unspecified atom stereocenters. The lowest BCUT2D eigenvalue weighted by Crippen LogP contribution is -2.52. The molecular weight excluding hydrogens is 578 g/mol. The number of nitrogens with zero attached hydrogens (tertiary/aromatic N) is 4. The van der Waals surface area contributed by atoms with Gasteiger partial charge in [0, 0.05) is 74.9 Å². The van der Waals surface area contributed by atoms with Crippen LogP contribution in [0.3, 0.4) is 0 Å². The summed E-state index contributed by atoms with van der Waals surface area (Å²) in [6.07, 6.45) is 6.38. The Balaban J connectivity index is 1.45. The maximum Gasteiger partial charge on any atom is 0.303 e. The summed E-state index contributed by atoms with van der Waals surface area (Å²) in [7, 11) is -0.879. The summed E-state index contributed by atoms with van der Waals surface area (Å²) in [5.74, 6) is 0.272. The Bertz CT molecular complexity index is 1720. The molecule has 234 valence electrons. The SMILES string of the molecule is COc1ccc2c(c1)C1CCn3c-2c(C2CCCCC2)c2ccc(cc23)C(=O)NS(=O)(=O)N(C)CCN2CCN(CC2)C1=O. The Morgan fingerprint density at radius 1 is 0.864 bits per heavy atom. The number of ether oxygens (including phenoxy) is 1. The van der Waals surface area contributed by atoms with Crippen molar-refractivity contribution in [3.8, 4) is 17.0 Å². The van der Waals surface area contributed by atoms with Crippen molar-refractivity contribution in [1.29, 1.82) is 0 Å². The van der Waals surface area contributed by atoms with Crippen molar-refractivity contribution in [2.45, 2.75) is 56.9 Å². The van der Waals surface area contributed by atoms with Gasteiger partial charge < -0.3 is 14.2 Å². The van der Waals surface area contributed by atoms with E-state index in [4.69, 9.17) is 4.74 Å². The lowest BCUT2D eigenvalue weighted by molar-refractivity contribution is -0.134. The van der Waals surface area contributed by atoms with E-state index in [1.165, 1.54) is 36.2 Å². The highest BCUT2D eigenvalue weighted by Crippen LogP contribution is 2.48. The first-order valence-corrected chi connectivity index (χ1v) is 17.3. The molecule has 2 amide bonds. The minimum absolute atomic E-state index is 0.134. The number of piperazine rings is 1. The number of benzene rings is 2. The molecule has 8 rings (SSSR count). The molecule has 6 bridgehead atoms. The fourth-order valence-corrected chi connectivity index (χ4v) is 8.59. The van der Waals surface area contributed by atoms with Gasteiger partial charge in [-0.2, -0.15) is 12.7 Å². The van der Waals surface area contributed by atoms with Crippen LogP contribution in [0.1, 0.15) is 71.8 Å². The molecule has 5 aliphatic rings. The molecule has 1 saturated heterocycles. The standard InChI is InChI=1S/C33H41N5O5S/c1-35-14-15-36-16-18-37(19-17-36)33(40)26-12-13-38-29-20-23(32(39)34-44(35,41)42)8-10-27(29)30(22-6-4-3-5-7-22)31(38)25-11-9-24(43-2)21-28(25)26/h8-11,20-22,26H,3-7,12-19H2,1-2H3,(H,34,39). The summed E-state index contributed by atoms with van der Waals surface area (Å²) >= 11 is 0. The van der Waals surface area contributed by atoms with Gasteiger partial charge >= 0.3 is 10.2 Å². The van der Waals surface area contributed by atoms with Crippen LogP contribution in [0.2, 0.25) is 0 Å². The van der Waals surface area contributed by atoms with Crippen LogP contribution >= 0.6 is 0 Å². The molecule has 1 atom stereocenters. The van der Waals surface area contributed by atoms with Crippen LogP contribution in [0, 0.1) is 0 Å². The maximum absolute atomic E-state index is 14.3. The van der Waals surface area contributed by atoms with Crippen molar-refractivity contribution in [2.24, 2.45) is 0 Å². The predicted molar refractivity (Wildman–Crippen MR) is 169 cm³/mol. The number of rotatable bonds is 2. The molecule has 2 aromatic carbocycles. The molecule has 1 aliphatic carbocycles. The van der Waals surface area contributed by atoms with Crippen LogP contribution in [0.15, 0.2) is 36.4 Å². The van der Waals surface area contributed by atoms with Crippen molar-refractivity contribution in [3.05, 3.63) is 53.1 Å². The van der Waals surface area contributed by atoms with Gasteiger partial charge in [0.2, 0.25) is 5.91 Å². The van der Waals surface area contributed by atoms with Gasteiger partial charge in [-0.3, -0.25) is 14.5 Å². The van der Waals surface area contributed by atoms with Crippen molar-refractivity contribution >= 4 is 32.9 Å². The van der Waals surface area contributed by atoms with Gasteiger partial charge in [-0.25, -0.2) is 4.72 Å². The van der Waals surface area contributed by atoms with E-state index in [0.717, 1.165) is 46.3 Å². The third-order valence-corrected chi connectivity index (χ3v) is 11.7. The number of amides is 2. The zero-order valence-corrected chi connectivity index (χ0v) is 26.4. The molecule has 2 fully saturated rings. The van der Waals surface area contributed by atoms with Crippen LogP contribution in [0.4, 0.5) is 0 Å². The highest BCUT2D eigenvalue weighted by Gasteiger charge is 2.36. The smallest absolute Gasteiger partial charge is 0.303 e. The first-order chi connectivity index (χ1) is 21.2. The number of methoxy groups -OCH3 is 1. The molecule has 3 aromatic rings. The molecule has 1 N–H and O–H groups in total. The number of likely N-dealkylation sites (N-methyl/N-ethyl adjacent to an activating group) is 1. The lowest BCUT2D eigenvalue weighted by Gasteiger charge is -2.37. The fraction of sp³-hybridized carbons (Fsp3) is 0.515. The van der Waals surface area contributed by atoms with Crippen molar-refractivity contribution in [2.75, 3.05) is 53.4 Å². The number of carbonyl (C=O) groups is 2. The monoisotopic (exact) mass is 619 g/mol. The Labute approximate surface area is 259 Å². The van der Waals surface area contributed by atoms with Crippen molar-refractivity contribution in [3.63, 3.8) is 0 Å². The molecule has 44 heavy (non-hydrogen) atoms. The topological polar surface area (TPSA) is 104 Å². The summed E-state index contributed by atoms with van der Waals surface area (Å²) in [6, 6.07) is 11.7. The van der Waals surface area contributed by atoms with E-state index < -0.39 is 16.1 Å². The number of aryl methyl sites for hydroxylation is 1. The average molecular weight is 620 g/mol. The second-order valence-electron chi connectivity index (χ2n) is 12.7. The Kier molecular flexibility index (Phi) is 7.66. The highest BCUT2D eigenvalue weighted by molar-refractivity contribution is 7.87. The summed E-state index contributed by atoms with van der Waals surface area (Å²) in [6.45, 7) is 3.88. The largest absolute Gasteiger partial charge is 0.497 e. The molecule has 11 heteroatoms. The molecular formula is C33H41N5O5S. The highest BCUT2D eigenvalue weighted by atomic mass is 32.2. The molecule has 0 spiro atoms. The van der Waals surface area contributed by atoms with Crippen LogP contribution in [0.5, 0.6) is 5.75 Å². The van der Waals surface area contributed by atoms with Gasteiger partial charge in [0.15, 0.2) is 0 Å². The molecule has 10 nitrogen and oxygen atoms in total. The Morgan fingerprint density at radius 2 is 1.61 bits per heavy atom. The number of aromatic nitrogens is 1. The normalized spacial score (nSPS) is 23.5. The van der Waals surface area contributed by atoms with E-state index in [1.54, 1.807) is 13.2 Å². The number of hydrogen-bond acceptors (Lipinski definition) is 6. The van der Waals surface area contributed by atoms with Gasteiger partial charge in [0.05, 0.1) is 18.7 Å². The average Bonchev–Trinajstić information content (AvgIpc) is 3.26. The summed E-state index contributed by atoms with van der Waals surface area (Å²) in [5.41, 5.74) is 5.65. The fourth-order valence-electron chi connectivity index (χ4n) is 7.76. The third kappa shape index (κ3) is 5.08. The quantitative estimate of drug-likeness (QED) is 0.467. The Hall–Kier alpha value is -3.41. The van der Waals surface area contributed by atoms with Gasteiger partial charge in [0.25, 0.3) is 5.91 Å². The van der Waals surface area contributed by atoms with E-state index in [9.17, 15) is 18.0 Å². The minimum Gasteiger partial charge on any atom is -0.497 e. The maximum atomic E-state index is 14.3. The van der Waals surface area contributed by atoms with E-state index in [0.29, 0.717) is 57.2 Å². The van der Waals surface area contributed by atoms with Gasteiger partial charge in [-0.05, 0) is 66.6 Å². The van der Waals surface area contributed by atoms with Gasteiger partial charge in [-0.15, -0.1) is 0 Å². The minimum atomic E-state index is -4.03. The second-order valence-corrected chi connectivity index (χ2v) is 14.5. The first-order valence-electron chi connectivity index (χ1n) is 15.9. The molecule has 4 aliphatic heterocycles. The number of nitrogens with one attached hydrogen (secondary N) is 1. The second kappa shape index (κ2) is 11.5. The van der Waals surface area contributed by atoms with Crippen LogP contribution in [0.25, 0.3) is 22.2 Å². The van der Waals surface area contributed by atoms with Gasteiger partial charge in [-0.1, -0.05) is 25.3 Å². The first kappa shape index (κ1) is 29.3. The van der Waals surface area contributed by atoms with E-state index in [1.807, 2.05) is 29.2 Å². The zero-order valence-electron chi connectivity index (χ0n) is 25.5. The third-order valence-electron chi connectivity index (χ3n) is 10.3. The lowest BCUT2D eigenvalue weighted by atomic mass is 9.80. The van der Waals surface area contributed by atoms with Crippen molar-refractivity contribution < 1.29 is 22.7 Å². The van der Waals surface area contributed by atoms with Crippen LogP contribution in [-0.2, 0) is 21.5 Å². The summed E-state index contributed by atoms with van der Waals surface area (Å²) in [5, 5.41) is 1.10. The Morgan fingerprint density at radius 3 is 2.36 bits per heavy atom. The van der Waals surface area contributed by atoms with Gasteiger partial charge in [0.1, 0.15) is 5.75 Å². The van der Waals surface area contributed by atoms with Crippen molar-refractivity contribution in [1.82, 2.24) is 23.4 Å². The summed E-state index contributed by atoms with van der Waals surface area (Å²) in [4.78, 5) is 31.9.